The molecule has 0 saturated carbocycles. The van der Waals surface area contributed by atoms with Crippen molar-refractivity contribution in [1.29, 1.82) is 0 Å². The Morgan fingerprint density at radius 1 is 1.23 bits per heavy atom. The number of carbonyl (C=O) groups is 1. The van der Waals surface area contributed by atoms with Gasteiger partial charge in [-0.15, -0.1) is 0 Å². The lowest BCUT2D eigenvalue weighted by atomic mass is 9.86. The number of esters is 1. The smallest absolute Gasteiger partial charge is 0.343 e. The normalized spacial score (nSPS) is 21.1. The van der Waals surface area contributed by atoms with Gasteiger partial charge >= 0.3 is 5.97 Å². The van der Waals surface area contributed by atoms with Crippen LogP contribution in [0.15, 0.2) is 29.1 Å². The molecular weight excluding hydrogens is 398 g/mol. The van der Waals surface area contributed by atoms with Crippen LogP contribution in [-0.4, -0.2) is 40.8 Å². The van der Waals surface area contributed by atoms with Crippen LogP contribution < -0.4 is 15.2 Å². The van der Waals surface area contributed by atoms with E-state index in [0.717, 1.165) is 34.4 Å². The number of ether oxygens (including phenoxy) is 2. The van der Waals surface area contributed by atoms with Crippen molar-refractivity contribution < 1.29 is 19.4 Å². The van der Waals surface area contributed by atoms with Gasteiger partial charge in [0.05, 0.1) is 41.2 Å². The number of likely N-dealkylation sites (N-methyl/N-ethyl adjacent to an activating group) is 1. The van der Waals surface area contributed by atoms with Gasteiger partial charge in [-0.2, -0.15) is 0 Å². The number of hydrogen-bond acceptors (Lipinski definition) is 7. The van der Waals surface area contributed by atoms with Crippen molar-refractivity contribution in [3.05, 3.63) is 51.3 Å². The van der Waals surface area contributed by atoms with E-state index in [-0.39, 0.29) is 18.6 Å². The van der Waals surface area contributed by atoms with Gasteiger partial charge in [-0.1, -0.05) is 6.92 Å². The molecule has 8 heteroatoms. The van der Waals surface area contributed by atoms with Gasteiger partial charge in [-0.25, -0.2) is 9.78 Å². The average Bonchev–Trinajstić information content (AvgIpc) is 3.13. The van der Waals surface area contributed by atoms with Gasteiger partial charge in [0, 0.05) is 23.6 Å². The Bertz CT molecular complexity index is 1360. The number of hydrogen-bond donors (Lipinski definition) is 1. The molecule has 0 radical (unpaired) electrons. The minimum absolute atomic E-state index is 0.123. The third-order valence-electron chi connectivity index (χ3n) is 6.69. The first-order valence-corrected chi connectivity index (χ1v) is 10.4. The summed E-state index contributed by atoms with van der Waals surface area (Å²) in [5, 5.41) is 12.0. The minimum Gasteiger partial charge on any atom is -0.490 e. The number of nitrogens with zero attached hydrogens (tertiary/aromatic N) is 3. The maximum Gasteiger partial charge on any atom is 0.343 e. The van der Waals surface area contributed by atoms with Gasteiger partial charge in [0.25, 0.3) is 5.56 Å². The molecule has 0 fully saturated rings. The molecule has 3 aliphatic heterocycles. The summed E-state index contributed by atoms with van der Waals surface area (Å²) in [4.78, 5) is 32.6. The Morgan fingerprint density at radius 3 is 2.87 bits per heavy atom. The largest absolute Gasteiger partial charge is 0.490 e. The summed E-state index contributed by atoms with van der Waals surface area (Å²) in [6.45, 7) is 3.38. The summed E-state index contributed by atoms with van der Waals surface area (Å²) in [5.74, 6) is 0.112. The highest BCUT2D eigenvalue weighted by atomic mass is 16.6. The molecule has 2 aromatic heterocycles. The van der Waals surface area contributed by atoms with E-state index in [4.69, 9.17) is 14.5 Å². The highest BCUT2D eigenvalue weighted by molar-refractivity contribution is 5.97. The van der Waals surface area contributed by atoms with Crippen LogP contribution in [-0.2, 0) is 28.3 Å². The van der Waals surface area contributed by atoms with Crippen LogP contribution in [0.3, 0.4) is 0 Å². The molecule has 31 heavy (non-hydrogen) atoms. The van der Waals surface area contributed by atoms with E-state index in [2.05, 4.69) is 11.0 Å². The third-order valence-corrected chi connectivity index (χ3v) is 6.69. The quantitative estimate of drug-likeness (QED) is 0.471. The zero-order valence-electron chi connectivity index (χ0n) is 17.3. The summed E-state index contributed by atoms with van der Waals surface area (Å²) in [6.07, 6.45) is 0.123. The predicted octanol–water partition coefficient (Wildman–Crippen LogP) is 1.91. The van der Waals surface area contributed by atoms with Crippen LogP contribution in [0.5, 0.6) is 5.75 Å². The summed E-state index contributed by atoms with van der Waals surface area (Å²) in [5.41, 5.74) is 2.63. The molecular formula is C23H21N3O5. The summed E-state index contributed by atoms with van der Waals surface area (Å²) in [7, 11) is 2.03. The number of aliphatic hydroxyl groups is 1. The van der Waals surface area contributed by atoms with Crippen molar-refractivity contribution in [1.82, 2.24) is 9.55 Å². The highest BCUT2D eigenvalue weighted by Crippen LogP contribution is 2.42. The second-order valence-electron chi connectivity index (χ2n) is 8.35. The van der Waals surface area contributed by atoms with Crippen molar-refractivity contribution in [2.45, 2.75) is 32.1 Å². The third kappa shape index (κ3) is 2.31. The minimum atomic E-state index is -1.82. The SMILES string of the molecule is CC[C@@]1(O)C(=O)OCc2c1cc1n(c2=O)Cc2cc3c4c(ccc3nc2-1)OCCN4C. The monoisotopic (exact) mass is 419 g/mol. The number of fused-ring (bicyclic) bond motifs is 7. The van der Waals surface area contributed by atoms with E-state index in [1.54, 1.807) is 17.6 Å². The van der Waals surface area contributed by atoms with Gasteiger partial charge in [0.1, 0.15) is 19.0 Å². The molecule has 1 atom stereocenters. The zero-order valence-corrected chi connectivity index (χ0v) is 17.3. The second-order valence-corrected chi connectivity index (χ2v) is 8.35. The molecule has 0 bridgehead atoms. The number of anilines is 1. The molecule has 0 spiro atoms. The maximum atomic E-state index is 13.3. The molecule has 3 aromatic rings. The molecule has 0 aliphatic carbocycles. The number of benzene rings is 1. The van der Waals surface area contributed by atoms with Gasteiger partial charge < -0.3 is 24.0 Å². The zero-order chi connectivity index (χ0) is 21.5. The second kappa shape index (κ2) is 6.07. The fourth-order valence-corrected chi connectivity index (χ4v) is 4.93. The van der Waals surface area contributed by atoms with Gasteiger partial charge in [-0.3, -0.25) is 4.79 Å². The molecule has 0 amide bonds. The Morgan fingerprint density at radius 2 is 2.06 bits per heavy atom. The Labute approximate surface area is 177 Å². The van der Waals surface area contributed by atoms with Crippen LogP contribution in [0.2, 0.25) is 0 Å². The van der Waals surface area contributed by atoms with Gasteiger partial charge in [0.2, 0.25) is 0 Å². The van der Waals surface area contributed by atoms with Crippen LogP contribution in [0, 0.1) is 0 Å². The molecule has 0 saturated heterocycles. The predicted molar refractivity (Wildman–Crippen MR) is 113 cm³/mol. The average molecular weight is 419 g/mol. The first-order chi connectivity index (χ1) is 14.9. The van der Waals surface area contributed by atoms with Crippen molar-refractivity contribution in [2.24, 2.45) is 0 Å². The number of aromatic nitrogens is 2. The van der Waals surface area contributed by atoms with E-state index in [1.807, 2.05) is 19.2 Å². The number of pyridine rings is 2. The number of cyclic esters (lactones) is 1. The topological polar surface area (TPSA) is 93.9 Å². The van der Waals surface area contributed by atoms with Gasteiger partial charge in [0.15, 0.2) is 5.60 Å². The lowest BCUT2D eigenvalue weighted by Gasteiger charge is -2.31. The highest BCUT2D eigenvalue weighted by Gasteiger charge is 2.45. The number of rotatable bonds is 1. The van der Waals surface area contributed by atoms with Crippen LogP contribution in [0.25, 0.3) is 22.3 Å². The van der Waals surface area contributed by atoms with E-state index in [9.17, 15) is 14.7 Å². The molecule has 1 aromatic carbocycles. The van der Waals surface area contributed by atoms with Crippen molar-refractivity contribution in [3.8, 4) is 17.1 Å². The maximum absolute atomic E-state index is 13.3. The summed E-state index contributed by atoms with van der Waals surface area (Å²) >= 11 is 0. The summed E-state index contributed by atoms with van der Waals surface area (Å²) in [6, 6.07) is 7.65. The molecule has 8 nitrogen and oxygen atoms in total. The lowest BCUT2D eigenvalue weighted by Crippen LogP contribution is -2.44. The summed E-state index contributed by atoms with van der Waals surface area (Å²) < 4.78 is 12.6. The van der Waals surface area contributed by atoms with Crippen molar-refractivity contribution in [2.75, 3.05) is 25.1 Å². The van der Waals surface area contributed by atoms with Crippen molar-refractivity contribution >= 4 is 22.6 Å². The Balaban J connectivity index is 1.60. The Kier molecular flexibility index (Phi) is 3.60. The van der Waals surface area contributed by atoms with E-state index in [0.29, 0.717) is 35.7 Å². The lowest BCUT2D eigenvalue weighted by molar-refractivity contribution is -0.172. The molecule has 0 unspecified atom stereocenters. The molecule has 158 valence electrons. The van der Waals surface area contributed by atoms with E-state index >= 15 is 0 Å². The van der Waals surface area contributed by atoms with Crippen LogP contribution >= 0.6 is 0 Å². The van der Waals surface area contributed by atoms with E-state index in [1.165, 1.54) is 0 Å². The first kappa shape index (κ1) is 18.4. The fourth-order valence-electron chi connectivity index (χ4n) is 4.93. The molecule has 5 heterocycles. The number of carbonyl (C=O) groups excluding carboxylic acids is 1. The molecule has 6 rings (SSSR count). The standard InChI is InChI=1S/C23H21N3O5/c1-3-23(29)15-9-17-19-12(10-26(17)21(27)14(15)11-31-22(23)28)8-13-16(24-19)4-5-18-20(13)25(2)6-7-30-18/h4-5,8-9,29H,3,6-7,10-11H2,1-2H3/t23-/m0/s1. The van der Waals surface area contributed by atoms with Crippen molar-refractivity contribution in [3.63, 3.8) is 0 Å². The van der Waals surface area contributed by atoms with Crippen LogP contribution in [0.4, 0.5) is 5.69 Å². The van der Waals surface area contributed by atoms with Crippen LogP contribution in [0.1, 0.15) is 30.0 Å². The fraction of sp³-hybridized carbons (Fsp3) is 0.348. The first-order valence-electron chi connectivity index (χ1n) is 10.4. The molecule has 1 N–H and O–H groups in total. The van der Waals surface area contributed by atoms with E-state index < -0.39 is 11.6 Å². The Hall–Kier alpha value is -3.39. The van der Waals surface area contributed by atoms with Gasteiger partial charge in [-0.05, 0) is 30.7 Å². The molecule has 3 aliphatic rings.